The lowest BCUT2D eigenvalue weighted by atomic mass is 10.1. The molecule has 2 N–H and O–H groups in total. The number of carbonyl (C=O) groups is 2. The van der Waals surface area contributed by atoms with Crippen LogP contribution in [0.3, 0.4) is 0 Å². The van der Waals surface area contributed by atoms with E-state index in [-0.39, 0.29) is 17.1 Å². The van der Waals surface area contributed by atoms with Gasteiger partial charge in [-0.2, -0.15) is 0 Å². The third-order valence-corrected chi connectivity index (χ3v) is 3.41. The maximum atomic E-state index is 13.5. The van der Waals surface area contributed by atoms with E-state index in [1.54, 1.807) is 13.1 Å². The van der Waals surface area contributed by atoms with Crippen LogP contribution in [0.4, 0.5) is 4.39 Å². The van der Waals surface area contributed by atoms with Gasteiger partial charge < -0.3 is 15.5 Å². The summed E-state index contributed by atoms with van der Waals surface area (Å²) in [5.41, 5.74) is 6.26. The monoisotopic (exact) mass is 295 g/mol. The minimum absolute atomic E-state index is 0.0369. The van der Waals surface area contributed by atoms with E-state index in [2.05, 4.69) is 0 Å². The first-order valence-corrected chi connectivity index (χ1v) is 6.43. The molecule has 1 aliphatic rings. The number of carbonyl (C=O) groups excluding carboxylic acids is 2. The van der Waals surface area contributed by atoms with Crippen molar-refractivity contribution in [3.63, 3.8) is 0 Å². The number of amides is 2. The zero-order valence-corrected chi connectivity index (χ0v) is 11.7. The van der Waals surface area contributed by atoms with Crippen LogP contribution < -0.4 is 5.73 Å². The van der Waals surface area contributed by atoms with Gasteiger partial charge in [-0.1, -0.05) is 18.3 Å². The molecule has 1 aliphatic heterocycles. The minimum Gasteiger partial charge on any atom is -0.389 e. The molecule has 0 aliphatic carbocycles. The van der Waals surface area contributed by atoms with Crippen molar-refractivity contribution in [1.29, 1.82) is 0 Å². The van der Waals surface area contributed by atoms with Crippen LogP contribution in [-0.4, -0.2) is 46.7 Å². The molecular weight excluding hydrogens is 281 g/mol. The molecule has 0 saturated carbocycles. The van der Waals surface area contributed by atoms with Crippen LogP contribution in [0.25, 0.3) is 0 Å². The summed E-state index contributed by atoms with van der Waals surface area (Å²) in [4.78, 5) is 26.2. The predicted molar refractivity (Wildman–Crippen MR) is 75.3 cm³/mol. The lowest BCUT2D eigenvalue weighted by Crippen LogP contribution is -2.52. The van der Waals surface area contributed by atoms with Crippen molar-refractivity contribution < 1.29 is 14.0 Å². The van der Waals surface area contributed by atoms with Gasteiger partial charge in [-0.25, -0.2) is 4.39 Å². The second-order valence-electron chi connectivity index (χ2n) is 4.63. The molecule has 106 valence electrons. The topological polar surface area (TPSA) is 66.6 Å². The van der Waals surface area contributed by atoms with E-state index >= 15 is 0 Å². The Morgan fingerprint density at radius 1 is 1.35 bits per heavy atom. The molecule has 0 radical (unpaired) electrons. The Hall–Kier alpha value is -2.02. The third-order valence-electron chi connectivity index (χ3n) is 3.19. The number of hydrogen-bond donors (Lipinski definition) is 1. The highest BCUT2D eigenvalue weighted by atomic mass is 32.1. The number of nitrogens with two attached hydrogens (primary N) is 1. The number of rotatable bonds is 3. The highest BCUT2D eigenvalue weighted by Gasteiger charge is 2.30. The number of benzene rings is 1. The van der Waals surface area contributed by atoms with Gasteiger partial charge in [0.15, 0.2) is 0 Å². The van der Waals surface area contributed by atoms with Gasteiger partial charge in [0, 0.05) is 32.2 Å². The van der Waals surface area contributed by atoms with Gasteiger partial charge in [-0.15, -0.1) is 0 Å². The van der Waals surface area contributed by atoms with Crippen molar-refractivity contribution in [2.24, 2.45) is 5.73 Å². The number of nitrogens with zero attached hydrogens (tertiary/aromatic N) is 2. The zero-order valence-electron chi connectivity index (χ0n) is 10.9. The van der Waals surface area contributed by atoms with Gasteiger partial charge in [0.25, 0.3) is 0 Å². The molecule has 5 nitrogen and oxygen atoms in total. The number of halogens is 1. The van der Waals surface area contributed by atoms with Crippen molar-refractivity contribution in [2.45, 2.75) is 6.54 Å². The average molecular weight is 295 g/mol. The summed E-state index contributed by atoms with van der Waals surface area (Å²) in [6.07, 6.45) is 0. The molecule has 1 saturated heterocycles. The van der Waals surface area contributed by atoms with Crippen LogP contribution in [0.2, 0.25) is 0 Å². The second kappa shape index (κ2) is 5.54. The molecule has 2 amide bonds. The third kappa shape index (κ3) is 2.77. The van der Waals surface area contributed by atoms with E-state index < -0.39 is 17.6 Å². The van der Waals surface area contributed by atoms with Gasteiger partial charge in [0.2, 0.25) is 0 Å². The van der Waals surface area contributed by atoms with Crippen LogP contribution >= 0.6 is 12.2 Å². The van der Waals surface area contributed by atoms with Crippen LogP contribution in [0.1, 0.15) is 11.1 Å². The number of hydrogen-bond acceptors (Lipinski definition) is 3. The molecule has 1 aromatic carbocycles. The van der Waals surface area contributed by atoms with E-state index in [0.717, 1.165) is 0 Å². The Morgan fingerprint density at radius 3 is 2.70 bits per heavy atom. The highest BCUT2D eigenvalue weighted by molar-refractivity contribution is 7.80. The van der Waals surface area contributed by atoms with Gasteiger partial charge in [0.1, 0.15) is 10.8 Å². The van der Waals surface area contributed by atoms with Crippen LogP contribution in [-0.2, 0) is 16.1 Å². The van der Waals surface area contributed by atoms with Crippen LogP contribution in [0, 0.1) is 5.82 Å². The van der Waals surface area contributed by atoms with Gasteiger partial charge in [0.05, 0.1) is 0 Å². The molecule has 0 spiro atoms. The van der Waals surface area contributed by atoms with Crippen molar-refractivity contribution in [1.82, 2.24) is 9.80 Å². The predicted octanol–water partition coefficient (Wildman–Crippen LogP) is 0.260. The molecule has 0 unspecified atom stereocenters. The highest BCUT2D eigenvalue weighted by Crippen LogP contribution is 2.14. The van der Waals surface area contributed by atoms with Crippen molar-refractivity contribution in [2.75, 3.05) is 20.1 Å². The van der Waals surface area contributed by atoms with Crippen molar-refractivity contribution in [3.8, 4) is 0 Å². The Bertz CT molecular complexity index is 591. The van der Waals surface area contributed by atoms with E-state index in [1.807, 2.05) is 0 Å². The van der Waals surface area contributed by atoms with E-state index in [4.69, 9.17) is 18.0 Å². The molecule has 0 atom stereocenters. The first-order valence-electron chi connectivity index (χ1n) is 6.02. The maximum absolute atomic E-state index is 13.5. The summed E-state index contributed by atoms with van der Waals surface area (Å²) < 4.78 is 13.5. The molecule has 20 heavy (non-hydrogen) atoms. The Labute approximate surface area is 121 Å². The van der Waals surface area contributed by atoms with Gasteiger partial charge >= 0.3 is 11.8 Å². The van der Waals surface area contributed by atoms with Gasteiger partial charge in [-0.05, 0) is 17.7 Å². The van der Waals surface area contributed by atoms with E-state index in [9.17, 15) is 14.0 Å². The maximum Gasteiger partial charge on any atom is 0.312 e. The fourth-order valence-electron chi connectivity index (χ4n) is 2.00. The molecular formula is C13H14FN3O2S. The van der Waals surface area contributed by atoms with Crippen molar-refractivity contribution >= 4 is 29.0 Å². The fourth-order valence-corrected chi connectivity index (χ4v) is 2.16. The fraction of sp³-hybridized carbons (Fsp3) is 0.308. The standard InChI is InChI=1S/C13H14FN3O2S/c1-16-4-5-17(13(19)12(16)18)7-8-2-3-10(14)9(6-8)11(15)20/h2-3,6H,4-5,7H2,1H3,(H2,15,20). The van der Waals surface area contributed by atoms with E-state index in [0.29, 0.717) is 18.7 Å². The van der Waals surface area contributed by atoms with Crippen molar-refractivity contribution in [3.05, 3.63) is 35.1 Å². The molecule has 1 heterocycles. The summed E-state index contributed by atoms with van der Waals surface area (Å²) in [5, 5.41) is 0. The molecule has 7 heteroatoms. The van der Waals surface area contributed by atoms with Crippen LogP contribution in [0.15, 0.2) is 18.2 Å². The normalized spacial score (nSPS) is 15.7. The summed E-state index contributed by atoms with van der Waals surface area (Å²) in [7, 11) is 1.58. The molecule has 1 aromatic rings. The second-order valence-corrected chi connectivity index (χ2v) is 5.07. The number of thiocarbonyl (C=S) groups is 1. The lowest BCUT2D eigenvalue weighted by Gasteiger charge is -2.31. The summed E-state index contributed by atoms with van der Waals surface area (Å²) >= 11 is 4.77. The van der Waals surface area contributed by atoms with E-state index in [1.165, 1.54) is 21.9 Å². The number of piperazine rings is 1. The zero-order chi connectivity index (χ0) is 14.9. The van der Waals surface area contributed by atoms with Crippen LogP contribution in [0.5, 0.6) is 0 Å². The summed E-state index contributed by atoms with van der Waals surface area (Å²) in [6.45, 7) is 1.16. The molecule has 0 bridgehead atoms. The number of likely N-dealkylation sites (N-methyl/N-ethyl adjacent to an activating group) is 1. The molecule has 0 aromatic heterocycles. The summed E-state index contributed by atoms with van der Waals surface area (Å²) in [5.74, 6) is -1.59. The largest absolute Gasteiger partial charge is 0.389 e. The Morgan fingerprint density at radius 2 is 2.05 bits per heavy atom. The summed E-state index contributed by atoms with van der Waals surface area (Å²) in [6, 6.07) is 4.31. The Balaban J connectivity index is 2.18. The Kier molecular flexibility index (Phi) is 3.99. The first kappa shape index (κ1) is 14.4. The smallest absolute Gasteiger partial charge is 0.312 e. The average Bonchev–Trinajstić information content (AvgIpc) is 2.41. The minimum atomic E-state index is -0.556. The quantitative estimate of drug-likeness (QED) is 0.642. The van der Waals surface area contributed by atoms with Gasteiger partial charge in [-0.3, -0.25) is 9.59 Å². The molecule has 2 rings (SSSR count). The lowest BCUT2D eigenvalue weighted by molar-refractivity contribution is -0.155. The molecule has 1 fully saturated rings. The first-order chi connectivity index (χ1) is 9.40. The SMILES string of the molecule is CN1CCN(Cc2ccc(F)c(C(N)=S)c2)C(=O)C1=O.